The van der Waals surface area contributed by atoms with E-state index in [0.29, 0.717) is 30.0 Å². The SMILES string of the molecule is COc1ccc(CCNC(=O)c2ccc(-c3cc(-c4ccccc4)n[nH]3)cc2)cc1OC. The molecular formula is C26H25N3O3. The average Bonchev–Trinajstić information content (AvgIpc) is 3.35. The van der Waals surface area contributed by atoms with Gasteiger partial charge in [-0.3, -0.25) is 9.89 Å². The number of ether oxygens (including phenoxy) is 2. The van der Waals surface area contributed by atoms with Crippen molar-refractivity contribution >= 4 is 5.91 Å². The molecule has 0 aliphatic heterocycles. The van der Waals surface area contributed by atoms with Gasteiger partial charge in [0.2, 0.25) is 0 Å². The highest BCUT2D eigenvalue weighted by molar-refractivity contribution is 5.94. The summed E-state index contributed by atoms with van der Waals surface area (Å²) in [6.45, 7) is 0.525. The van der Waals surface area contributed by atoms with Crippen molar-refractivity contribution in [3.8, 4) is 34.0 Å². The van der Waals surface area contributed by atoms with E-state index in [1.807, 2.05) is 78.9 Å². The van der Waals surface area contributed by atoms with Crippen molar-refractivity contribution in [3.05, 3.63) is 90.0 Å². The lowest BCUT2D eigenvalue weighted by Crippen LogP contribution is -2.25. The van der Waals surface area contributed by atoms with Gasteiger partial charge in [0.05, 0.1) is 25.6 Å². The highest BCUT2D eigenvalue weighted by Crippen LogP contribution is 2.27. The third kappa shape index (κ3) is 4.81. The summed E-state index contributed by atoms with van der Waals surface area (Å²) >= 11 is 0. The van der Waals surface area contributed by atoms with Crippen molar-refractivity contribution in [1.29, 1.82) is 0 Å². The van der Waals surface area contributed by atoms with Crippen molar-refractivity contribution in [2.45, 2.75) is 6.42 Å². The van der Waals surface area contributed by atoms with Gasteiger partial charge in [0.15, 0.2) is 11.5 Å². The van der Waals surface area contributed by atoms with Crippen LogP contribution in [0.4, 0.5) is 0 Å². The molecule has 6 heteroatoms. The Balaban J connectivity index is 1.35. The smallest absolute Gasteiger partial charge is 0.251 e. The minimum atomic E-state index is -0.105. The van der Waals surface area contributed by atoms with Gasteiger partial charge in [-0.15, -0.1) is 0 Å². The van der Waals surface area contributed by atoms with E-state index in [9.17, 15) is 4.79 Å². The molecule has 6 nitrogen and oxygen atoms in total. The number of aromatic nitrogens is 2. The fraction of sp³-hybridized carbons (Fsp3) is 0.154. The number of nitrogens with one attached hydrogen (secondary N) is 2. The molecule has 2 N–H and O–H groups in total. The van der Waals surface area contributed by atoms with Crippen molar-refractivity contribution in [3.63, 3.8) is 0 Å². The van der Waals surface area contributed by atoms with Crippen LogP contribution >= 0.6 is 0 Å². The number of carbonyl (C=O) groups excluding carboxylic acids is 1. The predicted molar refractivity (Wildman–Crippen MR) is 125 cm³/mol. The van der Waals surface area contributed by atoms with E-state index in [0.717, 1.165) is 28.1 Å². The molecule has 32 heavy (non-hydrogen) atoms. The Morgan fingerprint density at radius 2 is 1.62 bits per heavy atom. The summed E-state index contributed by atoms with van der Waals surface area (Å²) < 4.78 is 10.6. The number of nitrogens with zero attached hydrogens (tertiary/aromatic N) is 1. The van der Waals surface area contributed by atoms with Crippen molar-refractivity contribution in [1.82, 2.24) is 15.5 Å². The topological polar surface area (TPSA) is 76.2 Å². The molecule has 0 radical (unpaired) electrons. The molecule has 1 aromatic heterocycles. The molecular weight excluding hydrogens is 402 g/mol. The second-order valence-corrected chi connectivity index (χ2v) is 7.31. The minimum Gasteiger partial charge on any atom is -0.493 e. The van der Waals surface area contributed by atoms with Gasteiger partial charge in [0, 0.05) is 17.7 Å². The molecule has 3 aromatic carbocycles. The number of benzene rings is 3. The predicted octanol–water partition coefficient (Wildman–Crippen LogP) is 4.73. The molecule has 0 bridgehead atoms. The Morgan fingerprint density at radius 3 is 2.34 bits per heavy atom. The normalized spacial score (nSPS) is 10.6. The van der Waals surface area contributed by atoms with Crippen LogP contribution < -0.4 is 14.8 Å². The fourth-order valence-corrected chi connectivity index (χ4v) is 3.49. The van der Waals surface area contributed by atoms with Gasteiger partial charge >= 0.3 is 0 Å². The summed E-state index contributed by atoms with van der Waals surface area (Å²) in [5.41, 5.74) is 5.50. The van der Waals surface area contributed by atoms with Gasteiger partial charge < -0.3 is 14.8 Å². The van der Waals surface area contributed by atoms with E-state index >= 15 is 0 Å². The lowest BCUT2D eigenvalue weighted by atomic mass is 10.1. The quantitative estimate of drug-likeness (QED) is 0.426. The zero-order chi connectivity index (χ0) is 22.3. The number of hydrogen-bond acceptors (Lipinski definition) is 4. The molecule has 1 amide bonds. The largest absolute Gasteiger partial charge is 0.493 e. The van der Waals surface area contributed by atoms with Crippen LogP contribution in [0.5, 0.6) is 11.5 Å². The summed E-state index contributed by atoms with van der Waals surface area (Å²) in [5.74, 6) is 1.27. The Hall–Kier alpha value is -4.06. The molecule has 0 saturated carbocycles. The molecule has 1 heterocycles. The monoisotopic (exact) mass is 427 g/mol. The van der Waals surface area contributed by atoms with E-state index in [1.165, 1.54) is 0 Å². The molecule has 0 saturated heterocycles. The second-order valence-electron chi connectivity index (χ2n) is 7.31. The van der Waals surface area contributed by atoms with Crippen LogP contribution in [0.3, 0.4) is 0 Å². The summed E-state index contributed by atoms with van der Waals surface area (Å²) in [6.07, 6.45) is 0.695. The van der Waals surface area contributed by atoms with Crippen LogP contribution in [-0.2, 0) is 6.42 Å². The van der Waals surface area contributed by atoms with E-state index in [-0.39, 0.29) is 5.91 Å². The van der Waals surface area contributed by atoms with Crippen molar-refractivity contribution in [2.24, 2.45) is 0 Å². The molecule has 4 rings (SSSR count). The maximum absolute atomic E-state index is 12.5. The lowest BCUT2D eigenvalue weighted by Gasteiger charge is -2.10. The number of carbonyl (C=O) groups is 1. The van der Waals surface area contributed by atoms with Gasteiger partial charge in [-0.25, -0.2) is 0 Å². The zero-order valence-electron chi connectivity index (χ0n) is 18.1. The Labute approximate surface area is 187 Å². The first-order valence-electron chi connectivity index (χ1n) is 10.4. The maximum atomic E-state index is 12.5. The lowest BCUT2D eigenvalue weighted by molar-refractivity contribution is 0.0954. The van der Waals surface area contributed by atoms with E-state index < -0.39 is 0 Å². The summed E-state index contributed by atoms with van der Waals surface area (Å²) in [4.78, 5) is 12.5. The summed E-state index contributed by atoms with van der Waals surface area (Å²) in [6, 6.07) is 25.3. The number of amides is 1. The Morgan fingerprint density at radius 1 is 0.875 bits per heavy atom. The second kappa shape index (κ2) is 9.83. The van der Waals surface area contributed by atoms with E-state index in [2.05, 4.69) is 15.5 Å². The fourth-order valence-electron chi connectivity index (χ4n) is 3.49. The van der Waals surface area contributed by atoms with Crippen LogP contribution in [0, 0.1) is 0 Å². The van der Waals surface area contributed by atoms with Gasteiger partial charge in [0.25, 0.3) is 5.91 Å². The Bertz CT molecular complexity index is 1180. The number of H-pyrrole nitrogens is 1. The van der Waals surface area contributed by atoms with E-state index in [4.69, 9.17) is 9.47 Å². The molecule has 0 atom stereocenters. The highest BCUT2D eigenvalue weighted by atomic mass is 16.5. The molecule has 0 unspecified atom stereocenters. The maximum Gasteiger partial charge on any atom is 0.251 e. The standard InChI is InChI=1S/C26H25N3O3/c1-31-24-13-8-18(16-25(24)32-2)14-15-27-26(30)21-11-9-20(10-12-21)23-17-22(28-29-23)19-6-4-3-5-7-19/h3-13,16-17H,14-15H2,1-2H3,(H,27,30)(H,28,29). The van der Waals surface area contributed by atoms with E-state index in [1.54, 1.807) is 14.2 Å². The molecule has 0 spiro atoms. The molecule has 0 aliphatic rings. The van der Waals surface area contributed by atoms with Gasteiger partial charge in [0.1, 0.15) is 0 Å². The van der Waals surface area contributed by atoms with Crippen LogP contribution in [0.15, 0.2) is 78.9 Å². The first-order chi connectivity index (χ1) is 15.7. The van der Waals surface area contributed by atoms with Gasteiger partial charge in [-0.2, -0.15) is 5.10 Å². The van der Waals surface area contributed by atoms with Crippen LogP contribution in [0.25, 0.3) is 22.5 Å². The van der Waals surface area contributed by atoms with Crippen LogP contribution in [0.1, 0.15) is 15.9 Å². The molecule has 0 fully saturated rings. The van der Waals surface area contributed by atoms with Crippen molar-refractivity contribution < 1.29 is 14.3 Å². The molecule has 4 aromatic rings. The number of rotatable bonds is 8. The first kappa shape index (κ1) is 21.2. The highest BCUT2D eigenvalue weighted by Gasteiger charge is 2.09. The summed E-state index contributed by atoms with van der Waals surface area (Å²) in [7, 11) is 3.22. The Kier molecular flexibility index (Phi) is 6.51. The average molecular weight is 428 g/mol. The molecule has 0 aliphatic carbocycles. The minimum absolute atomic E-state index is 0.105. The molecule has 162 valence electrons. The van der Waals surface area contributed by atoms with Gasteiger partial charge in [-0.1, -0.05) is 48.5 Å². The number of hydrogen-bond donors (Lipinski definition) is 2. The zero-order valence-corrected chi connectivity index (χ0v) is 18.1. The number of aromatic amines is 1. The van der Waals surface area contributed by atoms with Crippen LogP contribution in [-0.4, -0.2) is 36.9 Å². The van der Waals surface area contributed by atoms with Gasteiger partial charge in [-0.05, 0) is 47.9 Å². The van der Waals surface area contributed by atoms with Crippen molar-refractivity contribution in [2.75, 3.05) is 20.8 Å². The third-order valence-electron chi connectivity index (χ3n) is 5.25. The third-order valence-corrected chi connectivity index (χ3v) is 5.25. The number of methoxy groups -OCH3 is 2. The summed E-state index contributed by atoms with van der Waals surface area (Å²) in [5, 5.41) is 10.4. The first-order valence-corrected chi connectivity index (χ1v) is 10.4. The van der Waals surface area contributed by atoms with Crippen LogP contribution in [0.2, 0.25) is 0 Å².